The fraction of sp³-hybridized carbons (Fsp3) is 0.500. The second-order valence-corrected chi connectivity index (χ2v) is 2.66. The summed E-state index contributed by atoms with van der Waals surface area (Å²) in [7, 11) is 0. The third-order valence-electron chi connectivity index (χ3n) is 1.81. The van der Waals surface area contributed by atoms with Crippen molar-refractivity contribution in [3.8, 4) is 0 Å². The van der Waals surface area contributed by atoms with Gasteiger partial charge < -0.3 is 0 Å². The van der Waals surface area contributed by atoms with Gasteiger partial charge in [0.25, 0.3) is 0 Å². The van der Waals surface area contributed by atoms with Gasteiger partial charge in [-0.3, -0.25) is 0 Å². The molecule has 0 heterocycles. The van der Waals surface area contributed by atoms with Gasteiger partial charge in [0.2, 0.25) is 0 Å². The van der Waals surface area contributed by atoms with Gasteiger partial charge in [-0.1, -0.05) is 0 Å². The van der Waals surface area contributed by atoms with Crippen LogP contribution in [0.5, 0.6) is 0 Å². The third kappa shape index (κ3) is 1.74. The standard InChI is InChI=1S/C8H11.Li/c1-2-5-8-6-3-4-7-8;/h3,6H,2,4-5H2,1H3;. The van der Waals surface area contributed by atoms with Crippen LogP contribution in [0.15, 0.2) is 22.0 Å². The Labute approximate surface area is 66.2 Å². The Bertz CT molecular complexity index is 154. The molecule has 0 N–H and O–H groups in total. The van der Waals surface area contributed by atoms with Crippen LogP contribution in [0.4, 0.5) is 0 Å². The third-order valence-corrected chi connectivity index (χ3v) is 1.81. The Balaban J connectivity index is 2.54. The minimum atomic E-state index is 1.19. The molecule has 0 aromatic rings. The molecule has 0 unspecified atom stereocenters. The normalized spacial score (nSPS) is 17.7. The number of allylic oxidation sites excluding steroid dienone is 4. The average Bonchev–Trinajstić information content (AvgIpc) is 2.18. The van der Waals surface area contributed by atoms with E-state index in [1.54, 1.807) is 9.82 Å². The molecule has 1 aliphatic rings. The Hall–Kier alpha value is 0.0774. The molecule has 0 aromatic carbocycles. The summed E-state index contributed by atoms with van der Waals surface area (Å²) in [6.45, 7) is 2.23. The summed E-state index contributed by atoms with van der Waals surface area (Å²) in [6, 6.07) is 0. The quantitative estimate of drug-likeness (QED) is 0.482. The molecular formula is C8H11Li. The molecule has 1 rings (SSSR count). The van der Waals surface area contributed by atoms with Crippen LogP contribution >= 0.6 is 0 Å². The molecule has 0 saturated heterocycles. The van der Waals surface area contributed by atoms with Gasteiger partial charge in [0.05, 0.1) is 0 Å². The molecule has 0 aliphatic heterocycles. The van der Waals surface area contributed by atoms with E-state index in [-0.39, 0.29) is 0 Å². The summed E-state index contributed by atoms with van der Waals surface area (Å²) in [4.78, 5) is 0. The molecule has 1 aliphatic carbocycles. The van der Waals surface area contributed by atoms with Crippen LogP contribution in [0.1, 0.15) is 26.2 Å². The molecule has 0 aromatic heterocycles. The van der Waals surface area contributed by atoms with Crippen molar-refractivity contribution in [1.82, 2.24) is 0 Å². The molecule has 0 bridgehead atoms. The fourth-order valence-corrected chi connectivity index (χ4v) is 1.22. The second kappa shape index (κ2) is 3.30. The van der Waals surface area contributed by atoms with Crippen molar-refractivity contribution in [3.05, 3.63) is 22.0 Å². The predicted molar refractivity (Wildman–Crippen MR) is 41.4 cm³/mol. The molecule has 0 nitrogen and oxygen atoms in total. The summed E-state index contributed by atoms with van der Waals surface area (Å²) >= 11 is 2.23. The molecule has 0 spiro atoms. The monoisotopic (exact) mass is 114 g/mol. The molecule has 0 radical (unpaired) electrons. The maximum atomic E-state index is 2.26. The zero-order chi connectivity index (χ0) is 6.69. The van der Waals surface area contributed by atoms with E-state index < -0.39 is 0 Å². The van der Waals surface area contributed by atoms with Crippen molar-refractivity contribution < 1.29 is 0 Å². The number of hydrogen-bond acceptors (Lipinski definition) is 0. The topological polar surface area (TPSA) is 0 Å². The zero-order valence-electron chi connectivity index (χ0n) is 6.28. The van der Waals surface area contributed by atoms with Crippen LogP contribution < -0.4 is 0 Å². The summed E-state index contributed by atoms with van der Waals surface area (Å²) in [6.07, 6.45) is 8.24. The van der Waals surface area contributed by atoms with E-state index in [1.165, 1.54) is 19.3 Å². The van der Waals surface area contributed by atoms with Gasteiger partial charge in [0.15, 0.2) is 0 Å². The van der Waals surface area contributed by atoms with Gasteiger partial charge in [0, 0.05) is 0 Å². The molecule has 0 saturated carbocycles. The second-order valence-electron chi connectivity index (χ2n) is 2.66. The van der Waals surface area contributed by atoms with Gasteiger partial charge in [-0.2, -0.15) is 0 Å². The van der Waals surface area contributed by atoms with Gasteiger partial charge in [-0.25, -0.2) is 0 Å². The molecule has 0 amide bonds. The van der Waals surface area contributed by atoms with E-state index in [1.807, 2.05) is 0 Å². The SMILES string of the molecule is [Li][C]1=C(CCC)C=CC1. The van der Waals surface area contributed by atoms with Crippen molar-refractivity contribution >= 4 is 17.7 Å². The van der Waals surface area contributed by atoms with E-state index in [2.05, 4.69) is 36.8 Å². The van der Waals surface area contributed by atoms with E-state index in [0.717, 1.165) is 0 Å². The van der Waals surface area contributed by atoms with Gasteiger partial charge in [0.1, 0.15) is 0 Å². The molecule has 44 valence electrons. The minimum absolute atomic E-state index is 1.19. The van der Waals surface area contributed by atoms with Crippen LogP contribution in [-0.4, -0.2) is 17.7 Å². The number of hydrogen-bond donors (Lipinski definition) is 0. The molecule has 9 heavy (non-hydrogen) atoms. The Morgan fingerprint density at radius 1 is 1.67 bits per heavy atom. The Kier molecular flexibility index (Phi) is 2.63. The van der Waals surface area contributed by atoms with E-state index in [0.29, 0.717) is 0 Å². The first-order valence-corrected chi connectivity index (χ1v) is 3.69. The van der Waals surface area contributed by atoms with Crippen LogP contribution in [0.3, 0.4) is 0 Å². The van der Waals surface area contributed by atoms with Crippen molar-refractivity contribution in [2.45, 2.75) is 26.2 Å². The first kappa shape index (κ1) is 7.19. The zero-order valence-corrected chi connectivity index (χ0v) is 6.28. The molecule has 1 heteroatoms. The van der Waals surface area contributed by atoms with Gasteiger partial charge >= 0.3 is 65.9 Å². The number of rotatable bonds is 2. The summed E-state index contributed by atoms with van der Waals surface area (Å²) < 4.78 is 1.57. The van der Waals surface area contributed by atoms with Gasteiger partial charge in [-0.15, -0.1) is 0 Å². The van der Waals surface area contributed by atoms with Crippen LogP contribution in [0.2, 0.25) is 0 Å². The van der Waals surface area contributed by atoms with Crippen molar-refractivity contribution in [2.24, 2.45) is 0 Å². The van der Waals surface area contributed by atoms with Crippen LogP contribution in [0.25, 0.3) is 0 Å². The summed E-state index contributed by atoms with van der Waals surface area (Å²) in [5.74, 6) is 0. The molecular weight excluding hydrogens is 103 g/mol. The summed E-state index contributed by atoms with van der Waals surface area (Å²) in [5.41, 5.74) is 1.57. The maximum absolute atomic E-state index is 2.26. The van der Waals surface area contributed by atoms with E-state index >= 15 is 0 Å². The fourth-order valence-electron chi connectivity index (χ4n) is 1.22. The van der Waals surface area contributed by atoms with Crippen molar-refractivity contribution in [2.75, 3.05) is 0 Å². The Morgan fingerprint density at radius 3 is 2.89 bits per heavy atom. The molecule has 0 atom stereocenters. The average molecular weight is 114 g/mol. The van der Waals surface area contributed by atoms with Crippen molar-refractivity contribution in [3.63, 3.8) is 0 Å². The first-order chi connectivity index (χ1) is 4.34. The summed E-state index contributed by atoms with van der Waals surface area (Å²) in [5, 5.41) is 0. The van der Waals surface area contributed by atoms with Crippen LogP contribution in [-0.2, 0) is 0 Å². The van der Waals surface area contributed by atoms with Crippen LogP contribution in [0, 0.1) is 0 Å². The molecule has 0 fully saturated rings. The Morgan fingerprint density at radius 2 is 2.44 bits per heavy atom. The van der Waals surface area contributed by atoms with E-state index in [9.17, 15) is 0 Å². The van der Waals surface area contributed by atoms with E-state index in [4.69, 9.17) is 0 Å². The first-order valence-electron chi connectivity index (χ1n) is 3.69. The van der Waals surface area contributed by atoms with Crippen molar-refractivity contribution in [1.29, 1.82) is 0 Å². The van der Waals surface area contributed by atoms with Gasteiger partial charge in [-0.05, 0) is 0 Å². The predicted octanol–water partition coefficient (Wildman–Crippen LogP) is 2.17.